The summed E-state index contributed by atoms with van der Waals surface area (Å²) in [5, 5.41) is 2.66. The van der Waals surface area contributed by atoms with Gasteiger partial charge in [0.1, 0.15) is 17.4 Å². The van der Waals surface area contributed by atoms with Gasteiger partial charge in [-0.1, -0.05) is 54.2 Å². The summed E-state index contributed by atoms with van der Waals surface area (Å²) < 4.78 is 5.24. The molecule has 1 amide bonds. The van der Waals surface area contributed by atoms with E-state index in [1.165, 1.54) is 6.33 Å². The molecule has 0 radical (unpaired) electrons. The molecule has 98 valence electrons. The van der Waals surface area contributed by atoms with E-state index in [9.17, 15) is 4.79 Å². The predicted octanol–water partition coefficient (Wildman–Crippen LogP) is 3.54. The summed E-state index contributed by atoms with van der Waals surface area (Å²) in [6, 6.07) is 9.33. The molecule has 1 aromatic carbocycles. The lowest BCUT2D eigenvalue weighted by molar-refractivity contribution is 0.155. The first kappa shape index (κ1) is 13.5. The molecule has 0 saturated carbocycles. The van der Waals surface area contributed by atoms with E-state index in [-0.39, 0.29) is 22.1 Å². The highest BCUT2D eigenvalue weighted by atomic mass is 35.5. The van der Waals surface area contributed by atoms with Crippen molar-refractivity contribution in [3.63, 3.8) is 0 Å². The number of amides is 1. The maximum absolute atomic E-state index is 11.6. The quantitative estimate of drug-likeness (QED) is 0.671. The Morgan fingerprint density at radius 1 is 1.42 bits per heavy atom. The van der Waals surface area contributed by atoms with Crippen LogP contribution in [0.4, 0.5) is 10.5 Å². The van der Waals surface area contributed by atoms with Crippen LogP contribution in [0.2, 0.25) is 5.15 Å². The van der Waals surface area contributed by atoms with E-state index < -0.39 is 6.09 Å². The number of aromatic nitrogens is 2. The Kier molecular flexibility index (Phi) is 4.48. The van der Waals surface area contributed by atoms with Gasteiger partial charge in [-0.3, -0.25) is 5.32 Å². The molecule has 2 rings (SSSR count). The number of anilines is 1. The van der Waals surface area contributed by atoms with Crippen LogP contribution >= 0.6 is 23.8 Å². The lowest BCUT2D eigenvalue weighted by atomic mass is 10.2. The highest BCUT2D eigenvalue weighted by Gasteiger charge is 2.09. The molecule has 5 nitrogen and oxygen atoms in total. The molecule has 19 heavy (non-hydrogen) atoms. The normalized spacial score (nSPS) is 9.95. The Labute approximate surface area is 119 Å². The summed E-state index contributed by atoms with van der Waals surface area (Å²) in [6.45, 7) is 0.168. The molecule has 2 N–H and O–H groups in total. The number of nitrogens with one attached hydrogen (secondary N) is 2. The number of hydrogen-bond donors (Lipinski definition) is 2. The van der Waals surface area contributed by atoms with Crippen LogP contribution in [0.15, 0.2) is 36.7 Å². The number of carbonyl (C=O) groups excluding carboxylic acids is 1. The van der Waals surface area contributed by atoms with E-state index in [0.29, 0.717) is 0 Å². The number of hydrogen-bond acceptors (Lipinski definition) is 4. The second-order valence-corrected chi connectivity index (χ2v) is 4.35. The minimum atomic E-state index is -0.641. The molecule has 7 heteroatoms. The highest BCUT2D eigenvalue weighted by Crippen LogP contribution is 2.18. The van der Waals surface area contributed by atoms with E-state index in [1.54, 1.807) is 0 Å². The van der Waals surface area contributed by atoms with Crippen LogP contribution in [0.1, 0.15) is 5.56 Å². The Bertz CT molecular complexity index is 630. The van der Waals surface area contributed by atoms with Gasteiger partial charge in [-0.15, -0.1) is 0 Å². The van der Waals surface area contributed by atoms with Crippen LogP contribution in [-0.4, -0.2) is 16.1 Å². The minimum Gasteiger partial charge on any atom is -0.444 e. The summed E-state index contributed by atoms with van der Waals surface area (Å²) in [7, 11) is 0. The van der Waals surface area contributed by atoms with Crippen LogP contribution in [-0.2, 0) is 11.3 Å². The molecule has 0 unspecified atom stereocenters. The maximum atomic E-state index is 11.6. The number of carbonyl (C=O) groups is 1. The first-order chi connectivity index (χ1) is 9.16. The summed E-state index contributed by atoms with van der Waals surface area (Å²) >= 11 is 10.8. The molecule has 0 saturated heterocycles. The largest absolute Gasteiger partial charge is 0.444 e. The summed E-state index contributed by atoms with van der Waals surface area (Å²) in [5.74, 6) is 0. The SMILES string of the molecule is O=C(Nc1c(Cl)[nH]cnc1=S)OCc1ccccc1. The van der Waals surface area contributed by atoms with Gasteiger partial charge in [0.05, 0.1) is 6.33 Å². The number of rotatable bonds is 3. The number of halogens is 1. The van der Waals surface area contributed by atoms with Crippen LogP contribution in [0.25, 0.3) is 0 Å². The van der Waals surface area contributed by atoms with Gasteiger partial charge in [-0.25, -0.2) is 9.78 Å². The fourth-order valence-electron chi connectivity index (χ4n) is 1.35. The van der Waals surface area contributed by atoms with Crippen molar-refractivity contribution < 1.29 is 9.53 Å². The molecule has 0 bridgehead atoms. The van der Waals surface area contributed by atoms with Crippen molar-refractivity contribution in [1.29, 1.82) is 0 Å². The number of aromatic amines is 1. The number of ether oxygens (including phenoxy) is 1. The van der Waals surface area contributed by atoms with Crippen molar-refractivity contribution in [3.05, 3.63) is 52.0 Å². The zero-order valence-electron chi connectivity index (χ0n) is 9.72. The zero-order valence-corrected chi connectivity index (χ0v) is 11.3. The van der Waals surface area contributed by atoms with Gasteiger partial charge in [-0.05, 0) is 5.56 Å². The molecule has 2 aromatic rings. The summed E-state index contributed by atoms with van der Waals surface area (Å²) in [6.07, 6.45) is 0.712. The zero-order chi connectivity index (χ0) is 13.7. The predicted molar refractivity (Wildman–Crippen MR) is 74.7 cm³/mol. The Balaban J connectivity index is 1.97. The van der Waals surface area contributed by atoms with E-state index in [2.05, 4.69) is 15.3 Å². The molecule has 1 heterocycles. The molecule has 0 atom stereocenters. The van der Waals surface area contributed by atoms with Gasteiger partial charge in [-0.2, -0.15) is 0 Å². The monoisotopic (exact) mass is 295 g/mol. The first-order valence-corrected chi connectivity index (χ1v) is 6.16. The standard InChI is InChI=1S/C12H10ClN3O2S/c13-10-9(11(19)15-7-14-10)16-12(17)18-6-8-4-2-1-3-5-8/h1-5,7H,6H2,(H,16,17)(H,14,15,19). The van der Waals surface area contributed by atoms with Gasteiger partial charge in [0.2, 0.25) is 0 Å². The smallest absolute Gasteiger partial charge is 0.412 e. The third-order valence-electron chi connectivity index (χ3n) is 2.25. The first-order valence-electron chi connectivity index (χ1n) is 5.37. The molecular weight excluding hydrogens is 286 g/mol. The number of benzene rings is 1. The lowest BCUT2D eigenvalue weighted by Gasteiger charge is -2.07. The Morgan fingerprint density at radius 3 is 2.84 bits per heavy atom. The van der Waals surface area contributed by atoms with Crippen molar-refractivity contribution in [1.82, 2.24) is 9.97 Å². The van der Waals surface area contributed by atoms with Crippen molar-refractivity contribution in [3.8, 4) is 0 Å². The third-order valence-corrected chi connectivity index (χ3v) is 2.85. The van der Waals surface area contributed by atoms with E-state index >= 15 is 0 Å². The Morgan fingerprint density at radius 2 is 2.16 bits per heavy atom. The molecule has 0 spiro atoms. The number of H-pyrrole nitrogens is 1. The van der Waals surface area contributed by atoms with Crippen LogP contribution < -0.4 is 5.32 Å². The van der Waals surface area contributed by atoms with Crippen LogP contribution in [0.3, 0.4) is 0 Å². The van der Waals surface area contributed by atoms with Crippen molar-refractivity contribution in [2.45, 2.75) is 6.61 Å². The molecular formula is C12H10ClN3O2S. The molecule has 0 aliphatic carbocycles. The van der Waals surface area contributed by atoms with E-state index in [1.807, 2.05) is 30.3 Å². The number of nitrogens with zero attached hydrogens (tertiary/aromatic N) is 1. The van der Waals surface area contributed by atoms with Crippen molar-refractivity contribution in [2.24, 2.45) is 0 Å². The average Bonchev–Trinajstić information content (AvgIpc) is 2.42. The Hall–Kier alpha value is -1.92. The fraction of sp³-hybridized carbons (Fsp3) is 0.0833. The van der Waals surface area contributed by atoms with Crippen LogP contribution in [0, 0.1) is 4.64 Å². The third kappa shape index (κ3) is 3.77. The second kappa shape index (κ2) is 6.31. The van der Waals surface area contributed by atoms with E-state index in [0.717, 1.165) is 5.56 Å². The molecule has 0 aliphatic rings. The van der Waals surface area contributed by atoms with Crippen LogP contribution in [0.5, 0.6) is 0 Å². The minimum absolute atomic E-state index is 0.168. The van der Waals surface area contributed by atoms with Crippen molar-refractivity contribution in [2.75, 3.05) is 5.32 Å². The lowest BCUT2D eigenvalue weighted by Crippen LogP contribution is -2.14. The van der Waals surface area contributed by atoms with Gasteiger partial charge in [0.25, 0.3) is 0 Å². The summed E-state index contributed by atoms with van der Waals surface area (Å²) in [5.41, 5.74) is 1.12. The van der Waals surface area contributed by atoms with E-state index in [4.69, 9.17) is 28.6 Å². The van der Waals surface area contributed by atoms with Gasteiger partial charge in [0.15, 0.2) is 4.64 Å². The average molecular weight is 296 g/mol. The molecule has 0 aliphatic heterocycles. The van der Waals surface area contributed by atoms with Gasteiger partial charge in [0, 0.05) is 0 Å². The molecule has 0 fully saturated rings. The highest BCUT2D eigenvalue weighted by molar-refractivity contribution is 7.71. The maximum Gasteiger partial charge on any atom is 0.412 e. The van der Waals surface area contributed by atoms with Crippen molar-refractivity contribution >= 4 is 35.6 Å². The van der Waals surface area contributed by atoms with Gasteiger partial charge < -0.3 is 9.72 Å². The topological polar surface area (TPSA) is 67.0 Å². The second-order valence-electron chi connectivity index (χ2n) is 3.58. The summed E-state index contributed by atoms with van der Waals surface area (Å²) in [4.78, 5) is 18.1. The fourth-order valence-corrected chi connectivity index (χ4v) is 1.80. The molecule has 1 aromatic heterocycles. The van der Waals surface area contributed by atoms with Gasteiger partial charge >= 0.3 is 6.09 Å².